The van der Waals surface area contributed by atoms with Gasteiger partial charge >= 0.3 is 5.97 Å². The fraction of sp³-hybridized carbons (Fsp3) is 0.556. The number of nitrogens with zero attached hydrogens (tertiary/aromatic N) is 1. The van der Waals surface area contributed by atoms with Crippen LogP contribution in [0.3, 0.4) is 0 Å². The van der Waals surface area contributed by atoms with E-state index in [1.807, 2.05) is 13.0 Å². The van der Waals surface area contributed by atoms with Gasteiger partial charge in [-0.2, -0.15) is 0 Å². The Balaban J connectivity index is 1.72. The highest BCUT2D eigenvalue weighted by Gasteiger charge is 2.24. The minimum Gasteiger partial charge on any atom is -0.469 e. The van der Waals surface area contributed by atoms with Gasteiger partial charge in [-0.15, -0.1) is 0 Å². The van der Waals surface area contributed by atoms with Gasteiger partial charge in [-0.05, 0) is 37.3 Å². The number of rotatable bonds is 7. The van der Waals surface area contributed by atoms with Crippen molar-refractivity contribution in [1.82, 2.24) is 10.2 Å². The number of amides is 1. The van der Waals surface area contributed by atoms with Crippen LogP contribution in [0, 0.1) is 0 Å². The average Bonchev–Trinajstić information content (AvgIpc) is 2.59. The number of carbonyl (C=O) groups is 2. The summed E-state index contributed by atoms with van der Waals surface area (Å²) in [5, 5.41) is 2.96. The molecule has 0 aliphatic carbocycles. The lowest BCUT2D eigenvalue weighted by atomic mass is 9.99. The number of unbranched alkanes of at least 4 members (excludes halogenated alkanes) is 1. The Morgan fingerprint density at radius 1 is 1.26 bits per heavy atom. The zero-order valence-corrected chi connectivity index (χ0v) is 14.0. The van der Waals surface area contributed by atoms with Crippen LogP contribution in [0.4, 0.5) is 0 Å². The van der Waals surface area contributed by atoms with Crippen LogP contribution in [0.2, 0.25) is 0 Å². The molecule has 126 valence electrons. The number of carbonyl (C=O) groups excluding carboxylic acids is 2. The van der Waals surface area contributed by atoms with Crippen molar-refractivity contribution < 1.29 is 14.3 Å². The summed E-state index contributed by atoms with van der Waals surface area (Å²) in [6.07, 6.45) is 2.92. The van der Waals surface area contributed by atoms with E-state index in [1.54, 1.807) is 0 Å². The van der Waals surface area contributed by atoms with Gasteiger partial charge in [0.2, 0.25) is 5.91 Å². The molecule has 2 rings (SSSR count). The zero-order valence-electron chi connectivity index (χ0n) is 14.0. The fourth-order valence-corrected chi connectivity index (χ4v) is 2.87. The summed E-state index contributed by atoms with van der Waals surface area (Å²) >= 11 is 0. The molecule has 1 aliphatic rings. The molecule has 0 saturated heterocycles. The minimum absolute atomic E-state index is 0.0578. The number of fused-ring (bicyclic) bond motifs is 1. The fourth-order valence-electron chi connectivity index (χ4n) is 2.87. The highest BCUT2D eigenvalue weighted by atomic mass is 16.5. The smallest absolute Gasteiger partial charge is 0.305 e. The van der Waals surface area contributed by atoms with E-state index in [2.05, 4.69) is 33.2 Å². The summed E-state index contributed by atoms with van der Waals surface area (Å²) in [5.74, 6) is -0.140. The van der Waals surface area contributed by atoms with Gasteiger partial charge in [0.1, 0.15) is 0 Å². The standard InChI is InChI=1S/C18H26N2O3/c1-14(18(22)19-11-6-5-9-17(21)23-2)20-12-10-15-7-3-4-8-16(15)13-20/h3-4,7-8,14H,5-6,9-13H2,1-2H3,(H,19,22)/t14-/m0/s1. The van der Waals surface area contributed by atoms with Crippen LogP contribution in [0.15, 0.2) is 24.3 Å². The minimum atomic E-state index is -0.198. The van der Waals surface area contributed by atoms with Gasteiger partial charge in [0.25, 0.3) is 0 Å². The third-order valence-electron chi connectivity index (χ3n) is 4.42. The average molecular weight is 318 g/mol. The third kappa shape index (κ3) is 5.06. The lowest BCUT2D eigenvalue weighted by molar-refractivity contribution is -0.140. The number of ether oxygens (including phenoxy) is 1. The van der Waals surface area contributed by atoms with Gasteiger partial charge in [0, 0.05) is 26.1 Å². The lowest BCUT2D eigenvalue weighted by Crippen LogP contribution is -2.47. The van der Waals surface area contributed by atoms with Crippen molar-refractivity contribution in [2.45, 2.75) is 45.2 Å². The molecule has 0 bridgehead atoms. The molecule has 1 aromatic rings. The van der Waals surface area contributed by atoms with Gasteiger partial charge in [-0.25, -0.2) is 0 Å². The number of methoxy groups -OCH3 is 1. The van der Waals surface area contributed by atoms with E-state index in [0.717, 1.165) is 32.4 Å². The first-order valence-corrected chi connectivity index (χ1v) is 8.27. The molecule has 1 atom stereocenters. The normalized spacial score (nSPS) is 15.6. The first-order chi connectivity index (χ1) is 11.1. The van der Waals surface area contributed by atoms with Crippen LogP contribution < -0.4 is 5.32 Å². The van der Waals surface area contributed by atoms with Crippen LogP contribution in [-0.4, -0.2) is 43.0 Å². The van der Waals surface area contributed by atoms with Gasteiger partial charge in [0.15, 0.2) is 0 Å². The van der Waals surface area contributed by atoms with Crippen LogP contribution >= 0.6 is 0 Å². The van der Waals surface area contributed by atoms with Crippen molar-refractivity contribution in [3.05, 3.63) is 35.4 Å². The van der Waals surface area contributed by atoms with Crippen LogP contribution in [-0.2, 0) is 27.3 Å². The molecule has 1 amide bonds. The predicted octanol–water partition coefficient (Wildman–Crippen LogP) is 1.89. The molecule has 5 nitrogen and oxygen atoms in total. The molecule has 1 aliphatic heterocycles. The number of hydrogen-bond donors (Lipinski definition) is 1. The molecule has 0 saturated carbocycles. The summed E-state index contributed by atoms with van der Waals surface area (Å²) in [4.78, 5) is 25.5. The molecule has 1 aromatic carbocycles. The Kier molecular flexibility index (Phi) is 6.59. The predicted molar refractivity (Wildman–Crippen MR) is 88.9 cm³/mol. The second-order valence-corrected chi connectivity index (χ2v) is 5.99. The van der Waals surface area contributed by atoms with Crippen LogP contribution in [0.1, 0.15) is 37.3 Å². The molecule has 0 radical (unpaired) electrons. The molecule has 0 spiro atoms. The van der Waals surface area contributed by atoms with Gasteiger partial charge in [0.05, 0.1) is 13.2 Å². The largest absolute Gasteiger partial charge is 0.469 e. The Morgan fingerprint density at radius 2 is 2.00 bits per heavy atom. The van der Waals surface area contributed by atoms with E-state index in [-0.39, 0.29) is 17.9 Å². The van der Waals surface area contributed by atoms with Crippen molar-refractivity contribution in [3.63, 3.8) is 0 Å². The number of benzene rings is 1. The van der Waals surface area contributed by atoms with E-state index in [1.165, 1.54) is 18.2 Å². The number of esters is 1. The summed E-state index contributed by atoms with van der Waals surface area (Å²) < 4.78 is 4.59. The molecular formula is C18H26N2O3. The monoisotopic (exact) mass is 318 g/mol. The quantitative estimate of drug-likeness (QED) is 0.616. The lowest BCUT2D eigenvalue weighted by Gasteiger charge is -2.32. The maximum Gasteiger partial charge on any atom is 0.305 e. The second-order valence-electron chi connectivity index (χ2n) is 5.99. The molecule has 0 unspecified atom stereocenters. The first-order valence-electron chi connectivity index (χ1n) is 8.27. The third-order valence-corrected chi connectivity index (χ3v) is 4.42. The van der Waals surface area contributed by atoms with E-state index in [9.17, 15) is 9.59 Å². The van der Waals surface area contributed by atoms with Crippen molar-refractivity contribution in [2.75, 3.05) is 20.2 Å². The summed E-state index contributed by atoms with van der Waals surface area (Å²) in [6, 6.07) is 8.29. The SMILES string of the molecule is COC(=O)CCCCNC(=O)[C@H](C)N1CCc2ccccc2C1. The van der Waals surface area contributed by atoms with Crippen LogP contribution in [0.5, 0.6) is 0 Å². The van der Waals surface area contributed by atoms with Crippen molar-refractivity contribution in [2.24, 2.45) is 0 Å². The van der Waals surface area contributed by atoms with Crippen molar-refractivity contribution in [1.29, 1.82) is 0 Å². The Hall–Kier alpha value is -1.88. The van der Waals surface area contributed by atoms with E-state index in [0.29, 0.717) is 13.0 Å². The molecule has 23 heavy (non-hydrogen) atoms. The Morgan fingerprint density at radius 3 is 2.74 bits per heavy atom. The van der Waals surface area contributed by atoms with E-state index < -0.39 is 0 Å². The van der Waals surface area contributed by atoms with E-state index >= 15 is 0 Å². The number of hydrogen-bond acceptors (Lipinski definition) is 4. The second kappa shape index (κ2) is 8.67. The van der Waals surface area contributed by atoms with Gasteiger partial charge in [-0.3, -0.25) is 14.5 Å². The zero-order chi connectivity index (χ0) is 16.7. The summed E-state index contributed by atoms with van der Waals surface area (Å²) in [7, 11) is 1.39. The van der Waals surface area contributed by atoms with Crippen molar-refractivity contribution >= 4 is 11.9 Å². The maximum absolute atomic E-state index is 12.3. The highest BCUT2D eigenvalue weighted by Crippen LogP contribution is 2.20. The molecular weight excluding hydrogens is 292 g/mol. The van der Waals surface area contributed by atoms with Gasteiger partial charge < -0.3 is 10.1 Å². The molecule has 0 aromatic heterocycles. The molecule has 0 fully saturated rings. The summed E-state index contributed by atoms with van der Waals surface area (Å²) in [5.41, 5.74) is 2.70. The molecule has 5 heteroatoms. The number of nitrogens with one attached hydrogen (secondary N) is 1. The topological polar surface area (TPSA) is 58.6 Å². The Labute approximate surface area is 138 Å². The molecule has 1 heterocycles. The summed E-state index contributed by atoms with van der Waals surface area (Å²) in [6.45, 7) is 4.29. The highest BCUT2D eigenvalue weighted by molar-refractivity contribution is 5.81. The Bertz CT molecular complexity index is 545. The van der Waals surface area contributed by atoms with Crippen LogP contribution in [0.25, 0.3) is 0 Å². The van der Waals surface area contributed by atoms with Crippen molar-refractivity contribution in [3.8, 4) is 0 Å². The maximum atomic E-state index is 12.3. The first kappa shape index (κ1) is 17.5. The molecule has 1 N–H and O–H groups in total. The van der Waals surface area contributed by atoms with E-state index in [4.69, 9.17) is 0 Å². The van der Waals surface area contributed by atoms with Gasteiger partial charge in [-0.1, -0.05) is 24.3 Å².